The Balaban J connectivity index is 2.09. The lowest BCUT2D eigenvalue weighted by Crippen LogP contribution is -2.20. The maximum absolute atomic E-state index is 5.22. The Labute approximate surface area is 123 Å². The number of ether oxygens (including phenoxy) is 1. The topological polar surface area (TPSA) is 80.4 Å². The van der Waals surface area contributed by atoms with Gasteiger partial charge in [-0.25, -0.2) is 4.98 Å². The summed E-state index contributed by atoms with van der Waals surface area (Å²) < 4.78 is 10.4. The Hall–Kier alpha value is -2.22. The van der Waals surface area contributed by atoms with E-state index in [0.717, 1.165) is 5.82 Å². The van der Waals surface area contributed by atoms with Crippen LogP contribution in [-0.2, 0) is 11.3 Å². The average molecular weight is 292 g/mol. The van der Waals surface area contributed by atoms with Crippen molar-refractivity contribution in [1.29, 1.82) is 0 Å². The van der Waals surface area contributed by atoms with Gasteiger partial charge in [-0.05, 0) is 13.0 Å². The number of rotatable bonds is 6. The molecule has 0 saturated carbocycles. The summed E-state index contributed by atoms with van der Waals surface area (Å²) in [6.07, 6.45) is 1.53. The second-order valence-electron chi connectivity index (χ2n) is 4.89. The number of aromatic nitrogens is 4. The zero-order chi connectivity index (χ0) is 15.4. The number of hydrogen-bond donors (Lipinski definition) is 0. The lowest BCUT2D eigenvalue weighted by molar-refractivity contribution is 0.109. The molecular weight excluding hydrogens is 272 g/mol. The highest BCUT2D eigenvalue weighted by atomic mass is 16.5. The molecule has 0 amide bonds. The van der Waals surface area contributed by atoms with Crippen molar-refractivity contribution in [2.45, 2.75) is 19.6 Å². The third-order valence-corrected chi connectivity index (χ3v) is 2.99. The lowest BCUT2D eigenvalue weighted by atomic mass is 10.4. The zero-order valence-corrected chi connectivity index (χ0v) is 12.9. The van der Waals surface area contributed by atoms with Crippen molar-refractivity contribution in [3.8, 4) is 0 Å². The van der Waals surface area contributed by atoms with Gasteiger partial charge in [-0.15, -0.1) is 0 Å². The molecule has 0 bridgehead atoms. The third kappa shape index (κ3) is 3.66. The number of methoxy groups -OCH3 is 1. The summed E-state index contributed by atoms with van der Waals surface area (Å²) in [6.45, 7) is 2.33. The first-order chi connectivity index (χ1) is 10.0. The molecule has 2 heterocycles. The van der Waals surface area contributed by atoms with Crippen molar-refractivity contribution >= 4 is 11.8 Å². The van der Waals surface area contributed by atoms with Crippen LogP contribution < -0.4 is 9.80 Å². The van der Waals surface area contributed by atoms with Gasteiger partial charge in [0.1, 0.15) is 11.9 Å². The van der Waals surface area contributed by atoms with Crippen LogP contribution in [-0.4, -0.2) is 48.4 Å². The Bertz CT molecular complexity index is 586. The minimum Gasteiger partial charge on any atom is -0.374 e. The summed E-state index contributed by atoms with van der Waals surface area (Å²) in [6, 6.07) is 1.84. The minimum atomic E-state index is -0.188. The van der Waals surface area contributed by atoms with Crippen molar-refractivity contribution in [2.24, 2.45) is 0 Å². The van der Waals surface area contributed by atoms with Gasteiger partial charge in [0.25, 0.3) is 0 Å². The van der Waals surface area contributed by atoms with Crippen LogP contribution in [0.3, 0.4) is 0 Å². The fourth-order valence-electron chi connectivity index (χ4n) is 1.65. The predicted molar refractivity (Wildman–Crippen MR) is 78.2 cm³/mol. The molecule has 0 N–H and O–H groups in total. The lowest BCUT2D eigenvalue weighted by Gasteiger charge is -2.17. The van der Waals surface area contributed by atoms with Gasteiger partial charge in [-0.1, -0.05) is 5.16 Å². The largest absolute Gasteiger partial charge is 0.374 e. The summed E-state index contributed by atoms with van der Waals surface area (Å²) in [5.74, 6) is 2.49. The highest BCUT2D eigenvalue weighted by Gasteiger charge is 2.15. The fourth-order valence-corrected chi connectivity index (χ4v) is 1.65. The summed E-state index contributed by atoms with van der Waals surface area (Å²) in [5.41, 5.74) is 0. The number of hydrogen-bond acceptors (Lipinski definition) is 8. The normalized spacial score (nSPS) is 12.2. The maximum Gasteiger partial charge on any atom is 0.246 e. The van der Waals surface area contributed by atoms with Crippen LogP contribution in [0.5, 0.6) is 0 Å². The molecule has 0 spiro atoms. The predicted octanol–water partition coefficient (Wildman–Crippen LogP) is 1.27. The fraction of sp³-hybridized carbons (Fsp3) is 0.538. The average Bonchev–Trinajstić information content (AvgIpc) is 2.95. The molecule has 8 nitrogen and oxygen atoms in total. The van der Waals surface area contributed by atoms with Gasteiger partial charge < -0.3 is 19.1 Å². The molecule has 2 aromatic rings. The van der Waals surface area contributed by atoms with Crippen LogP contribution in [0.15, 0.2) is 16.8 Å². The van der Waals surface area contributed by atoms with E-state index in [1.54, 1.807) is 13.3 Å². The van der Waals surface area contributed by atoms with E-state index >= 15 is 0 Å². The van der Waals surface area contributed by atoms with Gasteiger partial charge in [-0.3, -0.25) is 0 Å². The molecule has 8 heteroatoms. The van der Waals surface area contributed by atoms with Crippen molar-refractivity contribution < 1.29 is 9.26 Å². The molecule has 0 saturated heterocycles. The first-order valence-electron chi connectivity index (χ1n) is 6.58. The molecule has 2 aromatic heterocycles. The van der Waals surface area contributed by atoms with Gasteiger partial charge in [0.05, 0.1) is 6.54 Å². The maximum atomic E-state index is 5.22. The summed E-state index contributed by atoms with van der Waals surface area (Å²) in [4.78, 5) is 16.7. The summed E-state index contributed by atoms with van der Waals surface area (Å²) in [5, 5.41) is 3.90. The van der Waals surface area contributed by atoms with Crippen LogP contribution in [0.25, 0.3) is 0 Å². The second-order valence-corrected chi connectivity index (χ2v) is 4.89. The van der Waals surface area contributed by atoms with Gasteiger partial charge in [0.15, 0.2) is 5.82 Å². The molecule has 0 aliphatic heterocycles. The molecule has 2 rings (SSSR count). The van der Waals surface area contributed by atoms with Crippen LogP contribution in [0.1, 0.15) is 24.7 Å². The van der Waals surface area contributed by atoms with Gasteiger partial charge >= 0.3 is 0 Å². The van der Waals surface area contributed by atoms with Crippen molar-refractivity contribution in [2.75, 3.05) is 38.1 Å². The molecular formula is C13H20N6O2. The SMILES string of the molecule is COC(C)c1noc(CN(C)c2ccnc(N(C)C)n2)n1. The standard InChI is InChI=1S/C13H20N6O2/c1-9(20-5)12-16-11(21-17-12)8-19(4)10-6-7-14-13(15-10)18(2)3/h6-7,9H,8H2,1-5H3. The third-order valence-electron chi connectivity index (χ3n) is 2.99. The summed E-state index contributed by atoms with van der Waals surface area (Å²) >= 11 is 0. The van der Waals surface area contributed by atoms with Gasteiger partial charge in [0.2, 0.25) is 11.8 Å². The van der Waals surface area contributed by atoms with Crippen LogP contribution in [0.2, 0.25) is 0 Å². The molecule has 0 aliphatic rings. The van der Waals surface area contributed by atoms with E-state index in [1.165, 1.54) is 0 Å². The molecule has 1 atom stereocenters. The Morgan fingerprint density at radius 1 is 1.29 bits per heavy atom. The van der Waals surface area contributed by atoms with E-state index in [9.17, 15) is 0 Å². The smallest absolute Gasteiger partial charge is 0.246 e. The van der Waals surface area contributed by atoms with E-state index in [0.29, 0.717) is 24.2 Å². The molecule has 0 radical (unpaired) electrons. The molecule has 0 fully saturated rings. The Morgan fingerprint density at radius 2 is 2.05 bits per heavy atom. The monoisotopic (exact) mass is 292 g/mol. The molecule has 1 unspecified atom stereocenters. The first-order valence-corrected chi connectivity index (χ1v) is 6.58. The number of nitrogens with zero attached hydrogens (tertiary/aromatic N) is 6. The van der Waals surface area contributed by atoms with E-state index in [4.69, 9.17) is 9.26 Å². The van der Waals surface area contributed by atoms with E-state index in [2.05, 4.69) is 20.1 Å². The quantitative estimate of drug-likeness (QED) is 0.787. The molecule has 21 heavy (non-hydrogen) atoms. The highest BCUT2D eigenvalue weighted by Crippen LogP contribution is 2.16. The van der Waals surface area contributed by atoms with E-state index < -0.39 is 0 Å². The summed E-state index contributed by atoms with van der Waals surface area (Å²) in [7, 11) is 7.31. The molecule has 0 aliphatic carbocycles. The minimum absolute atomic E-state index is 0.188. The van der Waals surface area contributed by atoms with Crippen LogP contribution in [0.4, 0.5) is 11.8 Å². The first kappa shape index (κ1) is 15.2. The van der Waals surface area contributed by atoms with Gasteiger partial charge in [0, 0.05) is 34.4 Å². The zero-order valence-electron chi connectivity index (χ0n) is 12.9. The Kier molecular flexibility index (Phi) is 4.69. The van der Waals surface area contributed by atoms with Gasteiger partial charge in [-0.2, -0.15) is 9.97 Å². The van der Waals surface area contributed by atoms with Crippen LogP contribution >= 0.6 is 0 Å². The van der Waals surface area contributed by atoms with Crippen molar-refractivity contribution in [1.82, 2.24) is 20.1 Å². The second kappa shape index (κ2) is 6.49. The Morgan fingerprint density at radius 3 is 2.71 bits per heavy atom. The van der Waals surface area contributed by atoms with Crippen molar-refractivity contribution in [3.63, 3.8) is 0 Å². The van der Waals surface area contributed by atoms with E-state index in [1.807, 2.05) is 43.9 Å². The molecule has 114 valence electrons. The highest BCUT2D eigenvalue weighted by molar-refractivity contribution is 5.42. The number of anilines is 2. The van der Waals surface area contributed by atoms with Crippen molar-refractivity contribution in [3.05, 3.63) is 24.0 Å². The molecule has 0 aromatic carbocycles. The van der Waals surface area contributed by atoms with E-state index in [-0.39, 0.29) is 6.10 Å². The van der Waals surface area contributed by atoms with Crippen LogP contribution in [0, 0.1) is 0 Å².